The molecular weight excluding hydrogens is 286 g/mol. The van der Waals surface area contributed by atoms with Gasteiger partial charge in [0.1, 0.15) is 4.99 Å². The molecule has 0 unspecified atom stereocenters. The van der Waals surface area contributed by atoms with E-state index in [1.54, 1.807) is 11.8 Å². The van der Waals surface area contributed by atoms with Crippen LogP contribution >= 0.6 is 24.0 Å². The molecule has 0 saturated carbocycles. The van der Waals surface area contributed by atoms with Gasteiger partial charge in [0.15, 0.2) is 5.78 Å². The number of hydrogen-bond donors (Lipinski definition) is 1. The highest BCUT2D eigenvalue weighted by atomic mass is 32.2. The van der Waals surface area contributed by atoms with Gasteiger partial charge in [0.05, 0.1) is 5.75 Å². The van der Waals surface area contributed by atoms with E-state index in [1.807, 2.05) is 54.6 Å². The molecule has 2 rings (SSSR count). The zero-order chi connectivity index (χ0) is 14.4. The van der Waals surface area contributed by atoms with E-state index >= 15 is 0 Å². The van der Waals surface area contributed by atoms with E-state index in [0.717, 1.165) is 22.4 Å². The summed E-state index contributed by atoms with van der Waals surface area (Å²) in [6, 6.07) is 17.1. The van der Waals surface area contributed by atoms with Crippen LogP contribution in [0.3, 0.4) is 0 Å². The van der Waals surface area contributed by atoms with Gasteiger partial charge < -0.3 is 5.73 Å². The first-order chi connectivity index (χ1) is 9.68. The largest absolute Gasteiger partial charge is 0.389 e. The lowest BCUT2D eigenvalue weighted by molar-refractivity contribution is 0.102. The molecule has 0 amide bonds. The molecule has 0 aliphatic heterocycles. The van der Waals surface area contributed by atoms with Gasteiger partial charge in [-0.2, -0.15) is 0 Å². The van der Waals surface area contributed by atoms with Crippen molar-refractivity contribution in [3.8, 4) is 0 Å². The Balaban J connectivity index is 1.94. The summed E-state index contributed by atoms with van der Waals surface area (Å²) in [5, 5.41) is 0. The monoisotopic (exact) mass is 301 g/mol. The number of thiocarbonyl (C=S) groups is 1. The molecule has 2 nitrogen and oxygen atoms in total. The summed E-state index contributed by atoms with van der Waals surface area (Å²) < 4.78 is 0. The second-order valence-corrected chi connectivity index (χ2v) is 5.73. The number of nitrogens with two attached hydrogens (primary N) is 1. The second kappa shape index (κ2) is 7.22. The minimum absolute atomic E-state index is 0.142. The van der Waals surface area contributed by atoms with E-state index in [9.17, 15) is 4.79 Å². The van der Waals surface area contributed by atoms with Crippen LogP contribution in [0.25, 0.3) is 0 Å². The topological polar surface area (TPSA) is 43.1 Å². The average Bonchev–Trinajstić information content (AvgIpc) is 2.48. The van der Waals surface area contributed by atoms with Crippen molar-refractivity contribution in [2.75, 3.05) is 5.75 Å². The lowest BCUT2D eigenvalue weighted by Crippen LogP contribution is -2.12. The lowest BCUT2D eigenvalue weighted by atomic mass is 10.1. The molecule has 0 spiro atoms. The highest BCUT2D eigenvalue weighted by molar-refractivity contribution is 7.99. The predicted molar refractivity (Wildman–Crippen MR) is 89.3 cm³/mol. The van der Waals surface area contributed by atoms with Gasteiger partial charge in [0.25, 0.3) is 0 Å². The van der Waals surface area contributed by atoms with Gasteiger partial charge in [0.2, 0.25) is 0 Å². The summed E-state index contributed by atoms with van der Waals surface area (Å²) in [6.45, 7) is 0. The fraction of sp³-hybridized carbons (Fsp3) is 0.125. The number of benzene rings is 2. The smallest absolute Gasteiger partial charge is 0.172 e. The maximum atomic E-state index is 12.0. The van der Waals surface area contributed by atoms with Gasteiger partial charge in [0, 0.05) is 16.9 Å². The number of thioether (sulfide) groups is 1. The van der Waals surface area contributed by atoms with Crippen LogP contribution in [0.15, 0.2) is 54.6 Å². The number of hydrogen-bond acceptors (Lipinski definition) is 3. The summed E-state index contributed by atoms with van der Waals surface area (Å²) in [5.41, 5.74) is 8.41. The average molecular weight is 301 g/mol. The van der Waals surface area contributed by atoms with Crippen LogP contribution in [-0.4, -0.2) is 16.5 Å². The van der Waals surface area contributed by atoms with Crippen LogP contribution < -0.4 is 5.73 Å². The van der Waals surface area contributed by atoms with Crippen molar-refractivity contribution in [3.05, 3.63) is 71.3 Å². The molecule has 102 valence electrons. The summed E-state index contributed by atoms with van der Waals surface area (Å²) in [4.78, 5) is 12.4. The lowest BCUT2D eigenvalue weighted by Gasteiger charge is -2.07. The Morgan fingerprint density at radius 2 is 1.70 bits per heavy atom. The van der Waals surface area contributed by atoms with Gasteiger partial charge in [-0.1, -0.05) is 66.8 Å². The Morgan fingerprint density at radius 3 is 2.40 bits per heavy atom. The van der Waals surface area contributed by atoms with E-state index < -0.39 is 0 Å². The van der Waals surface area contributed by atoms with E-state index in [-0.39, 0.29) is 5.78 Å². The van der Waals surface area contributed by atoms with Crippen molar-refractivity contribution in [2.24, 2.45) is 5.73 Å². The summed E-state index contributed by atoms with van der Waals surface area (Å²) in [7, 11) is 0. The molecule has 0 saturated heterocycles. The maximum absolute atomic E-state index is 12.0. The molecule has 0 fully saturated rings. The van der Waals surface area contributed by atoms with Gasteiger partial charge in [-0.15, -0.1) is 11.8 Å². The van der Waals surface area contributed by atoms with Crippen LogP contribution in [0.5, 0.6) is 0 Å². The molecule has 0 atom stereocenters. The third kappa shape index (κ3) is 3.92. The second-order valence-electron chi connectivity index (χ2n) is 4.30. The molecule has 2 N–H and O–H groups in total. The Hall–Kier alpha value is -1.65. The summed E-state index contributed by atoms with van der Waals surface area (Å²) in [6.07, 6.45) is 0. The molecular formula is C16H15NOS2. The fourth-order valence-electron chi connectivity index (χ4n) is 1.85. The van der Waals surface area contributed by atoms with E-state index in [2.05, 4.69) is 0 Å². The van der Waals surface area contributed by atoms with Crippen molar-refractivity contribution in [1.29, 1.82) is 0 Å². The van der Waals surface area contributed by atoms with Crippen molar-refractivity contribution < 1.29 is 4.79 Å². The third-order valence-corrected chi connectivity index (χ3v) is 4.07. The Kier molecular flexibility index (Phi) is 5.32. The highest BCUT2D eigenvalue weighted by Crippen LogP contribution is 2.18. The molecule has 0 aliphatic rings. The van der Waals surface area contributed by atoms with Crippen LogP contribution in [0.4, 0.5) is 0 Å². The molecule has 4 heteroatoms. The fourth-order valence-corrected chi connectivity index (χ4v) is 2.97. The normalized spacial score (nSPS) is 10.2. The highest BCUT2D eigenvalue weighted by Gasteiger charge is 2.08. The van der Waals surface area contributed by atoms with Crippen molar-refractivity contribution in [2.45, 2.75) is 5.75 Å². The molecule has 0 radical (unpaired) electrons. The summed E-state index contributed by atoms with van der Waals surface area (Å²) >= 11 is 6.61. The number of rotatable bonds is 6. The number of ketones is 1. The van der Waals surface area contributed by atoms with E-state index in [1.165, 1.54) is 0 Å². The van der Waals surface area contributed by atoms with Crippen LogP contribution in [0, 0.1) is 0 Å². The molecule has 2 aromatic rings. The SMILES string of the molecule is NC(=S)c1ccccc1CSCC(=O)c1ccccc1. The number of Topliss-reactive ketones (excluding diaryl/α,β-unsaturated/α-hetero) is 1. The summed E-state index contributed by atoms with van der Waals surface area (Å²) in [5.74, 6) is 1.32. The van der Waals surface area contributed by atoms with Gasteiger partial charge in [-0.05, 0) is 5.56 Å². The van der Waals surface area contributed by atoms with Crippen molar-refractivity contribution in [3.63, 3.8) is 0 Å². The van der Waals surface area contributed by atoms with Crippen molar-refractivity contribution >= 4 is 34.8 Å². The quantitative estimate of drug-likeness (QED) is 0.655. The van der Waals surface area contributed by atoms with Gasteiger partial charge in [-0.3, -0.25) is 4.79 Å². The Bertz CT molecular complexity index is 611. The minimum atomic E-state index is 0.142. The standard InChI is InChI=1S/C16H15NOS2/c17-16(19)14-9-5-4-8-13(14)10-20-11-15(18)12-6-2-1-3-7-12/h1-9H,10-11H2,(H2,17,19). The molecule has 0 bridgehead atoms. The zero-order valence-electron chi connectivity index (χ0n) is 10.9. The van der Waals surface area contributed by atoms with Crippen molar-refractivity contribution in [1.82, 2.24) is 0 Å². The minimum Gasteiger partial charge on any atom is -0.389 e. The number of carbonyl (C=O) groups excluding carboxylic acids is 1. The van der Waals surface area contributed by atoms with Gasteiger partial charge >= 0.3 is 0 Å². The maximum Gasteiger partial charge on any atom is 0.172 e. The van der Waals surface area contributed by atoms with Crippen LogP contribution in [0.1, 0.15) is 21.5 Å². The van der Waals surface area contributed by atoms with Gasteiger partial charge in [-0.25, -0.2) is 0 Å². The van der Waals surface area contributed by atoms with E-state index in [4.69, 9.17) is 18.0 Å². The third-order valence-electron chi connectivity index (χ3n) is 2.87. The van der Waals surface area contributed by atoms with Crippen LogP contribution in [-0.2, 0) is 5.75 Å². The molecule has 0 aromatic heterocycles. The molecule has 20 heavy (non-hydrogen) atoms. The van der Waals surface area contributed by atoms with Crippen LogP contribution in [0.2, 0.25) is 0 Å². The molecule has 2 aromatic carbocycles. The number of carbonyl (C=O) groups is 1. The van der Waals surface area contributed by atoms with E-state index in [0.29, 0.717) is 10.7 Å². The first kappa shape index (κ1) is 14.8. The first-order valence-corrected chi connectivity index (χ1v) is 7.78. The predicted octanol–water partition coefficient (Wildman–Crippen LogP) is 3.44. The first-order valence-electron chi connectivity index (χ1n) is 6.22. The zero-order valence-corrected chi connectivity index (χ0v) is 12.5. The molecule has 0 heterocycles. The molecule has 0 aliphatic carbocycles. The Labute approximate surface area is 128 Å². The Morgan fingerprint density at radius 1 is 1.05 bits per heavy atom.